The number of pyridine rings is 2. The fourth-order valence-electron chi connectivity index (χ4n) is 3.64. The topological polar surface area (TPSA) is 114 Å². The van der Waals surface area contributed by atoms with E-state index < -0.39 is 11.7 Å². The summed E-state index contributed by atoms with van der Waals surface area (Å²) in [4.78, 5) is 21.2. The molecule has 7 heteroatoms. The van der Waals surface area contributed by atoms with Gasteiger partial charge < -0.3 is 15.8 Å². The van der Waals surface area contributed by atoms with Crippen molar-refractivity contribution in [2.24, 2.45) is 5.73 Å². The number of hydrogen-bond acceptors (Lipinski definition) is 5. The first-order valence-corrected chi connectivity index (χ1v) is 11.0. The summed E-state index contributed by atoms with van der Waals surface area (Å²) in [5.74, 6) is -0.0963. The predicted octanol–water partition coefficient (Wildman–Crippen LogP) is 5.27. The van der Waals surface area contributed by atoms with Crippen LogP contribution in [0.3, 0.4) is 0 Å². The van der Waals surface area contributed by atoms with Crippen LogP contribution < -0.4 is 11.1 Å². The third-order valence-electron chi connectivity index (χ3n) is 5.15. The maximum Gasteiger partial charge on any atom is 0.407 e. The monoisotopic (exact) mass is 453 g/mol. The molecule has 0 saturated heterocycles. The van der Waals surface area contributed by atoms with Gasteiger partial charge in [0.15, 0.2) is 0 Å². The van der Waals surface area contributed by atoms with E-state index in [9.17, 15) is 4.79 Å². The summed E-state index contributed by atoms with van der Waals surface area (Å²) in [6.07, 6.45) is 1.16. The summed E-state index contributed by atoms with van der Waals surface area (Å²) in [5, 5.41) is 11.4. The van der Waals surface area contributed by atoms with Gasteiger partial charge in [0, 0.05) is 29.3 Å². The number of hydrogen-bond donors (Lipinski definition) is 3. The number of rotatable bonds is 5. The van der Waals surface area contributed by atoms with Gasteiger partial charge in [-0.25, -0.2) is 9.78 Å². The van der Waals surface area contributed by atoms with Crippen LogP contribution in [0.4, 0.5) is 4.79 Å². The highest BCUT2D eigenvalue weighted by atomic mass is 16.6. The zero-order valence-corrected chi connectivity index (χ0v) is 19.4. The molecule has 0 bridgehead atoms. The van der Waals surface area contributed by atoms with Gasteiger partial charge in [0.1, 0.15) is 17.1 Å². The summed E-state index contributed by atoms with van der Waals surface area (Å²) in [5.41, 5.74) is 11.0. The lowest BCUT2D eigenvalue weighted by atomic mass is 9.96. The summed E-state index contributed by atoms with van der Waals surface area (Å²) in [6.45, 7) is 5.85. The molecule has 172 valence electrons. The molecule has 0 saturated carbocycles. The van der Waals surface area contributed by atoms with Crippen LogP contribution in [0.25, 0.3) is 33.3 Å². The molecule has 34 heavy (non-hydrogen) atoms. The Morgan fingerprint density at radius 1 is 1.03 bits per heavy atom. The number of carbonyl (C=O) groups excluding carboxylic acids is 1. The van der Waals surface area contributed by atoms with Gasteiger partial charge in [-0.05, 0) is 44.0 Å². The second-order valence-corrected chi connectivity index (χ2v) is 8.94. The maximum atomic E-state index is 11.9. The summed E-state index contributed by atoms with van der Waals surface area (Å²) < 4.78 is 5.30. The van der Waals surface area contributed by atoms with Crippen LogP contribution in [-0.4, -0.2) is 27.5 Å². The Hall–Kier alpha value is -4.26. The van der Waals surface area contributed by atoms with Crippen molar-refractivity contribution in [2.45, 2.75) is 32.9 Å². The molecule has 0 aliphatic heterocycles. The number of nitrogen functional groups attached to an aromatic ring is 1. The first kappa shape index (κ1) is 22.9. The third-order valence-corrected chi connectivity index (χ3v) is 5.15. The summed E-state index contributed by atoms with van der Waals surface area (Å²) >= 11 is 0. The van der Waals surface area contributed by atoms with Crippen molar-refractivity contribution < 1.29 is 9.53 Å². The first-order valence-electron chi connectivity index (χ1n) is 11.0. The van der Waals surface area contributed by atoms with E-state index in [2.05, 4.69) is 10.3 Å². The van der Waals surface area contributed by atoms with Crippen molar-refractivity contribution in [3.8, 4) is 22.4 Å². The molecule has 0 aliphatic rings. The van der Waals surface area contributed by atoms with E-state index in [-0.39, 0.29) is 5.84 Å². The lowest BCUT2D eigenvalue weighted by Gasteiger charge is -2.19. The number of alkyl carbamates (subject to hydrolysis) is 1. The minimum absolute atomic E-state index is 0.0963. The Balaban J connectivity index is 1.71. The van der Waals surface area contributed by atoms with E-state index in [4.69, 9.17) is 20.9 Å². The predicted molar refractivity (Wildman–Crippen MR) is 134 cm³/mol. The van der Waals surface area contributed by atoms with Gasteiger partial charge in [0.25, 0.3) is 0 Å². The Morgan fingerprint density at radius 2 is 1.74 bits per heavy atom. The van der Waals surface area contributed by atoms with E-state index in [0.29, 0.717) is 17.8 Å². The number of ether oxygens (including phenoxy) is 1. The van der Waals surface area contributed by atoms with Crippen molar-refractivity contribution in [3.05, 3.63) is 84.2 Å². The second-order valence-electron chi connectivity index (χ2n) is 8.94. The highest BCUT2D eigenvalue weighted by molar-refractivity contribution is 6.06. The molecule has 4 N–H and O–H groups in total. The average Bonchev–Trinajstić information content (AvgIpc) is 2.81. The van der Waals surface area contributed by atoms with Gasteiger partial charge in [0.2, 0.25) is 0 Å². The molecule has 7 nitrogen and oxygen atoms in total. The van der Waals surface area contributed by atoms with Crippen LogP contribution in [0.5, 0.6) is 0 Å². The lowest BCUT2D eigenvalue weighted by Crippen LogP contribution is -2.32. The number of carbonyl (C=O) groups is 1. The fraction of sp³-hybridized carbons (Fsp3) is 0.185. The molecule has 0 radical (unpaired) electrons. The summed E-state index contributed by atoms with van der Waals surface area (Å²) in [7, 11) is 0. The quantitative estimate of drug-likeness (QED) is 0.281. The van der Waals surface area contributed by atoms with Gasteiger partial charge in [-0.2, -0.15) is 0 Å². The van der Waals surface area contributed by atoms with Gasteiger partial charge in [-0.15, -0.1) is 0 Å². The molecule has 1 amide bonds. The lowest BCUT2D eigenvalue weighted by molar-refractivity contribution is 0.0523. The van der Waals surface area contributed by atoms with Gasteiger partial charge >= 0.3 is 6.09 Å². The Kier molecular flexibility index (Phi) is 6.27. The van der Waals surface area contributed by atoms with E-state index in [1.807, 2.05) is 87.5 Å². The average molecular weight is 454 g/mol. The number of amides is 1. The summed E-state index contributed by atoms with van der Waals surface area (Å²) in [6, 6.07) is 21.7. The first-order chi connectivity index (χ1) is 16.2. The molecule has 4 aromatic rings. The van der Waals surface area contributed by atoms with E-state index in [1.165, 1.54) is 0 Å². The van der Waals surface area contributed by atoms with E-state index >= 15 is 0 Å². The highest BCUT2D eigenvalue weighted by Gasteiger charge is 2.17. The molecule has 2 aromatic heterocycles. The number of amidine groups is 1. The minimum atomic E-state index is -0.540. The third kappa shape index (κ3) is 5.20. The molecule has 2 heterocycles. The number of aromatic nitrogens is 2. The molecular weight excluding hydrogens is 426 g/mol. The van der Waals surface area contributed by atoms with E-state index in [0.717, 1.165) is 33.3 Å². The maximum absolute atomic E-state index is 11.9. The smallest absolute Gasteiger partial charge is 0.407 e. The van der Waals surface area contributed by atoms with Crippen molar-refractivity contribution >= 4 is 22.8 Å². The minimum Gasteiger partial charge on any atom is -0.444 e. The Morgan fingerprint density at radius 3 is 2.38 bits per heavy atom. The van der Waals surface area contributed by atoms with Crippen LogP contribution >= 0.6 is 0 Å². The molecule has 0 spiro atoms. The second kappa shape index (κ2) is 9.31. The van der Waals surface area contributed by atoms with Gasteiger partial charge in [-0.3, -0.25) is 10.4 Å². The Labute approximate surface area is 198 Å². The van der Waals surface area contributed by atoms with Gasteiger partial charge in [-0.1, -0.05) is 54.6 Å². The number of nitrogens with zero attached hydrogens (tertiary/aromatic N) is 2. The molecule has 0 aliphatic carbocycles. The van der Waals surface area contributed by atoms with Crippen LogP contribution in [-0.2, 0) is 11.3 Å². The zero-order chi connectivity index (χ0) is 24.3. The molecule has 2 aromatic carbocycles. The SMILES string of the molecule is CC(C)(C)OC(=O)NCc1ccc(-c2nc3ccnc(C(=N)N)c3cc2-c2ccccc2)cc1. The molecule has 0 unspecified atom stereocenters. The van der Waals surface area contributed by atoms with Crippen LogP contribution in [0.2, 0.25) is 0 Å². The molecular formula is C27H27N5O2. The molecule has 0 atom stereocenters. The number of nitrogens with one attached hydrogen (secondary N) is 2. The van der Waals surface area contributed by atoms with Crippen molar-refractivity contribution in [3.63, 3.8) is 0 Å². The van der Waals surface area contributed by atoms with Crippen LogP contribution in [0.1, 0.15) is 32.0 Å². The number of fused-ring (bicyclic) bond motifs is 1. The highest BCUT2D eigenvalue weighted by Crippen LogP contribution is 2.34. The normalized spacial score (nSPS) is 11.3. The number of benzene rings is 2. The molecule has 0 fully saturated rings. The van der Waals surface area contributed by atoms with Crippen LogP contribution in [0.15, 0.2) is 72.9 Å². The van der Waals surface area contributed by atoms with Crippen molar-refractivity contribution in [1.82, 2.24) is 15.3 Å². The standard InChI is InChI=1S/C27H27N5O2/c1-27(2,3)34-26(33)31-16-17-9-11-19(12-10-17)23-20(18-7-5-4-6-8-18)15-21-22(32-23)13-14-30-24(21)25(28)29/h4-15H,16H2,1-3H3,(H3,28,29)(H,31,33). The largest absolute Gasteiger partial charge is 0.444 e. The number of nitrogens with two attached hydrogens (primary N) is 1. The fourth-order valence-corrected chi connectivity index (χ4v) is 3.64. The van der Waals surface area contributed by atoms with Gasteiger partial charge in [0.05, 0.1) is 11.2 Å². The van der Waals surface area contributed by atoms with Crippen molar-refractivity contribution in [2.75, 3.05) is 0 Å². The van der Waals surface area contributed by atoms with E-state index in [1.54, 1.807) is 6.20 Å². The molecule has 4 rings (SSSR count). The van der Waals surface area contributed by atoms with Crippen molar-refractivity contribution in [1.29, 1.82) is 5.41 Å². The van der Waals surface area contributed by atoms with Crippen LogP contribution in [0, 0.1) is 5.41 Å². The Bertz CT molecular complexity index is 1340. The zero-order valence-electron chi connectivity index (χ0n) is 19.4.